The highest BCUT2D eigenvalue weighted by molar-refractivity contribution is 6.03. The molecule has 6 atom stereocenters. The molecule has 5 saturated carbocycles. The van der Waals surface area contributed by atoms with Crippen LogP contribution < -0.4 is 16.0 Å². The molecule has 1 unspecified atom stereocenters. The highest BCUT2D eigenvalue weighted by Gasteiger charge is 2.70. The summed E-state index contributed by atoms with van der Waals surface area (Å²) in [6, 6.07) is 2.59. The topological polar surface area (TPSA) is 131 Å². The molecule has 8 rings (SSSR count). The lowest BCUT2D eigenvalue weighted by Gasteiger charge is -2.59. The predicted octanol–water partition coefficient (Wildman–Crippen LogP) is 4.01. The van der Waals surface area contributed by atoms with Crippen LogP contribution in [0.15, 0.2) is 18.2 Å². The second-order valence-corrected chi connectivity index (χ2v) is 15.2. The Balaban J connectivity index is 1.15. The molecule has 0 radical (unpaired) electrons. The molecule has 246 valence electrons. The van der Waals surface area contributed by atoms with Crippen LogP contribution in [0.3, 0.4) is 0 Å². The first-order valence-electron chi connectivity index (χ1n) is 16.1. The molecule has 5 aliphatic carbocycles. The number of nitrogens with one attached hydrogen (secondary N) is 3. The maximum atomic E-state index is 14.5. The molecule has 1 aromatic carbocycles. The van der Waals surface area contributed by atoms with Gasteiger partial charge in [0.2, 0.25) is 17.7 Å². The van der Waals surface area contributed by atoms with E-state index in [2.05, 4.69) is 16.0 Å². The van der Waals surface area contributed by atoms with Gasteiger partial charge in [-0.15, -0.1) is 0 Å². The van der Waals surface area contributed by atoms with Crippen LogP contribution >= 0.6 is 0 Å². The maximum absolute atomic E-state index is 14.5. The monoisotopic (exact) mass is 643 g/mol. The molecule has 4 bridgehead atoms. The van der Waals surface area contributed by atoms with Crippen molar-refractivity contribution in [2.45, 2.75) is 89.0 Å². The van der Waals surface area contributed by atoms with Crippen molar-refractivity contribution in [3.05, 3.63) is 29.6 Å². The van der Waals surface area contributed by atoms with Crippen LogP contribution in [0.5, 0.6) is 0 Å². The van der Waals surface area contributed by atoms with E-state index in [1.54, 1.807) is 6.07 Å². The van der Waals surface area contributed by atoms with Gasteiger partial charge in [0.05, 0.1) is 17.7 Å². The number of carbonyl (C=O) groups is 4. The third-order valence-corrected chi connectivity index (χ3v) is 12.2. The van der Waals surface area contributed by atoms with Crippen LogP contribution in [0.1, 0.15) is 70.3 Å². The fourth-order valence-corrected chi connectivity index (χ4v) is 10.4. The maximum Gasteiger partial charge on any atom is 0.471 e. The van der Waals surface area contributed by atoms with Gasteiger partial charge in [-0.25, -0.2) is 4.39 Å². The summed E-state index contributed by atoms with van der Waals surface area (Å²) in [5, 5.41) is 17.3. The smallest absolute Gasteiger partial charge is 0.339 e. The summed E-state index contributed by atoms with van der Waals surface area (Å²) in [6.07, 6.45) is -0.721. The quantitative estimate of drug-likeness (QED) is 0.387. The number of anilines is 1. The van der Waals surface area contributed by atoms with Crippen molar-refractivity contribution >= 4 is 29.3 Å². The van der Waals surface area contributed by atoms with E-state index in [1.807, 2.05) is 19.9 Å². The van der Waals surface area contributed by atoms with E-state index in [0.717, 1.165) is 19.3 Å². The first-order chi connectivity index (χ1) is 21.6. The van der Waals surface area contributed by atoms with Crippen molar-refractivity contribution in [2.75, 3.05) is 11.9 Å². The van der Waals surface area contributed by atoms with Crippen molar-refractivity contribution in [2.24, 2.45) is 40.4 Å². The van der Waals surface area contributed by atoms with Crippen molar-refractivity contribution in [3.8, 4) is 6.07 Å². The summed E-state index contributed by atoms with van der Waals surface area (Å²) in [5.41, 5.74) is -0.732. The second kappa shape index (κ2) is 10.4. The highest BCUT2D eigenvalue weighted by atomic mass is 19.4. The van der Waals surface area contributed by atoms with Crippen molar-refractivity contribution < 1.29 is 36.7 Å². The average molecular weight is 644 g/mol. The standard InChI is InChI=1S/C33H37F4N5O4/c1-31(2)21-14-42(29(45)26(41-30(46)33(35,36)37)32-10-15-6-16(11-32)8-17(7-15)12-32)25(23(21)31)28(44)39-18(13-38)9-20-19-4-3-5-22(34)24(19)40-27(20)43/h3-5,15-18,20-21,23,25-26H,6-12,14H2,1-2H3,(H,39,44)(H,40,43)(H,41,46)/t15?,16?,17?,18-,20+,21-,23-,25-,26?,32?/m0/s1. The van der Waals surface area contributed by atoms with E-state index in [0.29, 0.717) is 24.8 Å². The Morgan fingerprint density at radius 2 is 1.72 bits per heavy atom. The van der Waals surface area contributed by atoms with Gasteiger partial charge < -0.3 is 20.9 Å². The molecular formula is C33H37F4N5O4. The van der Waals surface area contributed by atoms with Crippen LogP contribution in [0.2, 0.25) is 0 Å². The largest absolute Gasteiger partial charge is 0.471 e. The molecule has 6 fully saturated rings. The molecule has 4 amide bonds. The minimum Gasteiger partial charge on any atom is -0.339 e. The molecule has 3 N–H and O–H groups in total. The summed E-state index contributed by atoms with van der Waals surface area (Å²) in [6.45, 7) is 4.07. The number of hydrogen-bond acceptors (Lipinski definition) is 5. The zero-order chi connectivity index (χ0) is 32.9. The van der Waals surface area contributed by atoms with Gasteiger partial charge in [-0.3, -0.25) is 19.2 Å². The van der Waals surface area contributed by atoms with Crippen LogP contribution in [0, 0.1) is 57.6 Å². The van der Waals surface area contributed by atoms with Gasteiger partial charge >= 0.3 is 12.1 Å². The van der Waals surface area contributed by atoms with Gasteiger partial charge in [0.25, 0.3) is 0 Å². The number of fused-ring (bicyclic) bond motifs is 2. The third kappa shape index (κ3) is 4.85. The number of benzene rings is 1. The van der Waals surface area contributed by atoms with Gasteiger partial charge in [0.1, 0.15) is 23.9 Å². The van der Waals surface area contributed by atoms with Crippen LogP contribution in [0.4, 0.5) is 23.2 Å². The van der Waals surface area contributed by atoms with Crippen molar-refractivity contribution in [3.63, 3.8) is 0 Å². The Morgan fingerprint density at radius 3 is 2.30 bits per heavy atom. The van der Waals surface area contributed by atoms with Crippen molar-refractivity contribution in [1.29, 1.82) is 5.26 Å². The molecule has 0 aromatic heterocycles. The zero-order valence-electron chi connectivity index (χ0n) is 25.6. The highest BCUT2D eigenvalue weighted by Crippen LogP contribution is 2.66. The number of nitrogens with zero attached hydrogens (tertiary/aromatic N) is 2. The number of alkyl halides is 3. The number of carbonyl (C=O) groups excluding carboxylic acids is 4. The Hall–Kier alpha value is -3.69. The molecule has 0 spiro atoms. The Bertz CT molecular complexity index is 1520. The molecule has 9 nitrogen and oxygen atoms in total. The van der Waals surface area contributed by atoms with Gasteiger partial charge in [-0.1, -0.05) is 26.0 Å². The van der Waals surface area contributed by atoms with Crippen molar-refractivity contribution in [1.82, 2.24) is 15.5 Å². The molecule has 46 heavy (non-hydrogen) atoms. The third-order valence-electron chi connectivity index (χ3n) is 12.2. The molecule has 13 heteroatoms. The van der Waals surface area contributed by atoms with Gasteiger partial charge in [-0.05, 0) is 91.6 Å². The fraction of sp³-hybridized carbons (Fsp3) is 0.667. The first kappa shape index (κ1) is 30.9. The lowest BCUT2D eigenvalue weighted by atomic mass is 9.47. The number of rotatable bonds is 7. The summed E-state index contributed by atoms with van der Waals surface area (Å²) in [4.78, 5) is 54.9. The van der Waals surface area contributed by atoms with E-state index in [9.17, 15) is 42.0 Å². The summed E-state index contributed by atoms with van der Waals surface area (Å²) in [5.74, 6) is -5.00. The second-order valence-electron chi connectivity index (χ2n) is 15.2. The molecule has 1 aromatic rings. The first-order valence-corrected chi connectivity index (χ1v) is 16.1. The van der Waals surface area contributed by atoms with Crippen LogP contribution in [0.25, 0.3) is 0 Å². The van der Waals surface area contributed by atoms with Crippen LogP contribution in [-0.2, 0) is 19.2 Å². The number of likely N-dealkylation sites (tertiary alicyclic amines) is 1. The molecule has 7 aliphatic rings. The summed E-state index contributed by atoms with van der Waals surface area (Å²) in [7, 11) is 0. The van der Waals surface area contributed by atoms with E-state index in [4.69, 9.17) is 0 Å². The Labute approximate surface area is 263 Å². The Kier molecular flexibility index (Phi) is 7.00. The normalized spacial score (nSPS) is 35.8. The minimum absolute atomic E-state index is 0.0345. The zero-order valence-corrected chi connectivity index (χ0v) is 25.6. The van der Waals surface area contributed by atoms with E-state index >= 15 is 0 Å². The van der Waals surface area contributed by atoms with E-state index in [-0.39, 0.29) is 53.7 Å². The summed E-state index contributed by atoms with van der Waals surface area (Å²) >= 11 is 0. The number of amides is 4. The van der Waals surface area contributed by atoms with E-state index in [1.165, 1.54) is 17.0 Å². The number of para-hydroxylation sites is 1. The predicted molar refractivity (Wildman–Crippen MR) is 155 cm³/mol. The SMILES string of the molecule is CC1(C)[C@@H]2[C@@H](C(=O)N[C@H](C#N)C[C@H]3C(=O)Nc4c(F)cccc43)N(C(=O)C(NC(=O)C(F)(F)F)C34CC5CC(CC(C5)C3)C4)C[C@@H]21. The number of hydrogen-bond donors (Lipinski definition) is 3. The number of nitriles is 1. The van der Waals surface area contributed by atoms with Gasteiger partial charge in [-0.2, -0.15) is 18.4 Å². The van der Waals surface area contributed by atoms with Gasteiger partial charge in [0, 0.05) is 12.0 Å². The molecule has 1 saturated heterocycles. The lowest BCUT2D eigenvalue weighted by Crippen LogP contribution is -2.65. The van der Waals surface area contributed by atoms with Gasteiger partial charge in [0.15, 0.2) is 0 Å². The number of piperidine rings is 1. The molecular weight excluding hydrogens is 606 g/mol. The Morgan fingerprint density at radius 1 is 1.09 bits per heavy atom. The minimum atomic E-state index is -5.18. The fourth-order valence-electron chi connectivity index (χ4n) is 10.4. The lowest BCUT2D eigenvalue weighted by molar-refractivity contribution is -0.179. The van der Waals surface area contributed by atoms with Crippen LogP contribution in [-0.4, -0.2) is 59.4 Å². The summed E-state index contributed by atoms with van der Waals surface area (Å²) < 4.78 is 55.1. The average Bonchev–Trinajstić information content (AvgIpc) is 3.27. The molecule has 2 heterocycles. The number of halogens is 4. The van der Waals surface area contributed by atoms with E-state index < -0.39 is 65.1 Å². The molecule has 2 aliphatic heterocycles.